The van der Waals surface area contributed by atoms with Crippen molar-refractivity contribution in [2.24, 2.45) is 0 Å². The van der Waals surface area contributed by atoms with Crippen molar-refractivity contribution >= 4 is 23.6 Å². The minimum atomic E-state index is -0.920. The van der Waals surface area contributed by atoms with Gasteiger partial charge in [0.1, 0.15) is 0 Å². The molecule has 7 nitrogen and oxygen atoms in total. The third-order valence-corrected chi connectivity index (χ3v) is 4.19. The number of carbonyl (C=O) groups is 2. The number of carbonyl (C=O) groups excluding carboxylic acids is 1. The van der Waals surface area contributed by atoms with E-state index in [1.165, 1.54) is 17.3 Å². The number of hydrogen-bond acceptors (Lipinski definition) is 4. The maximum Gasteiger partial charge on any atom is 0.407 e. The minimum Gasteiger partial charge on any atom is -0.465 e. The molecule has 0 spiro atoms. The number of carboxylic acid groups (broad SMARTS) is 1. The first-order valence-corrected chi connectivity index (χ1v) is 7.46. The first-order valence-electron chi connectivity index (χ1n) is 7.08. The molecule has 2 amide bonds. The highest BCUT2D eigenvalue weighted by atomic mass is 35.5. The van der Waals surface area contributed by atoms with E-state index in [4.69, 9.17) is 16.7 Å². The molecule has 2 rings (SSSR count). The molecule has 0 radical (unpaired) electrons. The standard InChI is InChI=1S/C14H19ClN4O3/c1-14(2,10-11(15)17-6-5-16-10)12(20)18-9-3-7-19(8-4-9)13(21)22/h5-6,9H,3-4,7-8H2,1-2H3,(H,18,20)(H,21,22). The van der Waals surface area contributed by atoms with E-state index in [9.17, 15) is 9.59 Å². The van der Waals surface area contributed by atoms with Crippen LogP contribution in [0.3, 0.4) is 0 Å². The number of nitrogens with one attached hydrogen (secondary N) is 1. The number of piperidine rings is 1. The fraction of sp³-hybridized carbons (Fsp3) is 0.571. The Labute approximate surface area is 133 Å². The highest BCUT2D eigenvalue weighted by Gasteiger charge is 2.35. The van der Waals surface area contributed by atoms with Gasteiger partial charge in [-0.3, -0.25) is 9.78 Å². The van der Waals surface area contributed by atoms with E-state index >= 15 is 0 Å². The lowest BCUT2D eigenvalue weighted by Gasteiger charge is -2.33. The van der Waals surface area contributed by atoms with E-state index in [0.29, 0.717) is 31.6 Å². The molecule has 0 saturated carbocycles. The van der Waals surface area contributed by atoms with Crippen LogP contribution in [0.4, 0.5) is 4.79 Å². The zero-order valence-electron chi connectivity index (χ0n) is 12.5. The van der Waals surface area contributed by atoms with Crippen molar-refractivity contribution in [2.45, 2.75) is 38.1 Å². The summed E-state index contributed by atoms with van der Waals surface area (Å²) in [7, 11) is 0. The van der Waals surface area contributed by atoms with E-state index in [-0.39, 0.29) is 17.1 Å². The number of rotatable bonds is 3. The second-order valence-electron chi connectivity index (χ2n) is 5.84. The Hall–Kier alpha value is -1.89. The summed E-state index contributed by atoms with van der Waals surface area (Å²) in [4.78, 5) is 32.9. The summed E-state index contributed by atoms with van der Waals surface area (Å²) in [5.41, 5.74) is -0.480. The average molecular weight is 327 g/mol. The Morgan fingerprint density at radius 1 is 1.32 bits per heavy atom. The molecule has 2 heterocycles. The quantitative estimate of drug-likeness (QED) is 0.880. The molecule has 0 unspecified atom stereocenters. The van der Waals surface area contributed by atoms with Crippen LogP contribution in [0.15, 0.2) is 12.4 Å². The number of aromatic nitrogens is 2. The van der Waals surface area contributed by atoms with Crippen molar-refractivity contribution in [1.29, 1.82) is 0 Å². The largest absolute Gasteiger partial charge is 0.465 e. The number of nitrogens with zero attached hydrogens (tertiary/aromatic N) is 3. The predicted octanol–water partition coefficient (Wildman–Crippen LogP) is 1.67. The van der Waals surface area contributed by atoms with Crippen LogP contribution in [0.5, 0.6) is 0 Å². The van der Waals surface area contributed by atoms with Crippen LogP contribution in [0, 0.1) is 0 Å². The van der Waals surface area contributed by atoms with Crippen LogP contribution in [0.1, 0.15) is 32.4 Å². The summed E-state index contributed by atoms with van der Waals surface area (Å²) in [6.45, 7) is 4.33. The van der Waals surface area contributed by atoms with Crippen LogP contribution in [0.25, 0.3) is 0 Å². The van der Waals surface area contributed by atoms with Gasteiger partial charge in [-0.2, -0.15) is 0 Å². The lowest BCUT2D eigenvalue weighted by atomic mass is 9.87. The molecule has 1 aromatic heterocycles. The molecule has 22 heavy (non-hydrogen) atoms. The molecule has 1 aromatic rings. The Bertz CT molecular complexity index is 571. The minimum absolute atomic E-state index is 0.0437. The molecule has 1 fully saturated rings. The molecule has 0 atom stereocenters. The number of halogens is 1. The molecule has 1 aliphatic rings. The van der Waals surface area contributed by atoms with E-state index in [1.807, 2.05) is 0 Å². The summed E-state index contributed by atoms with van der Waals surface area (Å²) in [6, 6.07) is -0.0437. The van der Waals surface area contributed by atoms with E-state index in [1.54, 1.807) is 13.8 Å². The van der Waals surface area contributed by atoms with Crippen LogP contribution >= 0.6 is 11.6 Å². The fourth-order valence-electron chi connectivity index (χ4n) is 2.43. The van der Waals surface area contributed by atoms with Gasteiger partial charge in [-0.25, -0.2) is 9.78 Å². The molecule has 1 saturated heterocycles. The molecule has 8 heteroatoms. The molecule has 0 aliphatic carbocycles. The molecule has 0 bridgehead atoms. The Morgan fingerprint density at radius 2 is 1.91 bits per heavy atom. The topological polar surface area (TPSA) is 95.4 Å². The lowest BCUT2D eigenvalue weighted by molar-refractivity contribution is -0.126. The summed E-state index contributed by atoms with van der Waals surface area (Å²) in [5, 5.41) is 12.1. The molecule has 120 valence electrons. The van der Waals surface area contributed by atoms with Gasteiger partial charge in [-0.05, 0) is 26.7 Å². The highest BCUT2D eigenvalue weighted by Crippen LogP contribution is 2.27. The predicted molar refractivity (Wildman–Crippen MR) is 80.8 cm³/mol. The highest BCUT2D eigenvalue weighted by molar-refractivity contribution is 6.30. The molecule has 2 N–H and O–H groups in total. The summed E-state index contributed by atoms with van der Waals surface area (Å²) in [6.07, 6.45) is 3.25. The van der Waals surface area contributed by atoms with Gasteiger partial charge in [-0.15, -0.1) is 0 Å². The van der Waals surface area contributed by atoms with Crippen molar-refractivity contribution in [3.63, 3.8) is 0 Å². The van der Waals surface area contributed by atoms with Gasteiger partial charge in [0.05, 0.1) is 11.1 Å². The van der Waals surface area contributed by atoms with E-state index in [2.05, 4.69) is 15.3 Å². The smallest absolute Gasteiger partial charge is 0.407 e. The number of amides is 2. The second kappa shape index (κ2) is 6.48. The average Bonchev–Trinajstić information content (AvgIpc) is 2.48. The maximum atomic E-state index is 12.5. The zero-order chi connectivity index (χ0) is 16.3. The third-order valence-electron chi connectivity index (χ3n) is 3.91. The van der Waals surface area contributed by atoms with Gasteiger partial charge >= 0.3 is 6.09 Å². The summed E-state index contributed by atoms with van der Waals surface area (Å²) >= 11 is 6.02. The molecule has 0 aromatic carbocycles. The van der Waals surface area contributed by atoms with Crippen molar-refractivity contribution in [2.75, 3.05) is 13.1 Å². The molecular formula is C14H19ClN4O3. The number of likely N-dealkylation sites (tertiary alicyclic amines) is 1. The Kier molecular flexibility index (Phi) is 4.85. The molecule has 1 aliphatic heterocycles. The van der Waals surface area contributed by atoms with Gasteiger partial charge in [0.2, 0.25) is 5.91 Å². The zero-order valence-corrected chi connectivity index (χ0v) is 13.3. The second-order valence-corrected chi connectivity index (χ2v) is 6.20. The van der Waals surface area contributed by atoms with Crippen LogP contribution < -0.4 is 5.32 Å². The number of hydrogen-bond donors (Lipinski definition) is 2. The van der Waals surface area contributed by atoms with E-state index in [0.717, 1.165) is 0 Å². The van der Waals surface area contributed by atoms with Gasteiger partial charge < -0.3 is 15.3 Å². The van der Waals surface area contributed by atoms with Gasteiger partial charge in [0, 0.05) is 31.5 Å². The van der Waals surface area contributed by atoms with Crippen molar-refractivity contribution in [3.8, 4) is 0 Å². The first kappa shape index (κ1) is 16.5. The van der Waals surface area contributed by atoms with Crippen molar-refractivity contribution in [1.82, 2.24) is 20.2 Å². The third kappa shape index (κ3) is 3.47. The SMILES string of the molecule is CC(C)(C(=O)NC1CCN(C(=O)O)CC1)c1nccnc1Cl. The van der Waals surface area contributed by atoms with Gasteiger partial charge in [-0.1, -0.05) is 11.6 Å². The van der Waals surface area contributed by atoms with Crippen molar-refractivity contribution < 1.29 is 14.7 Å². The molecular weight excluding hydrogens is 308 g/mol. The summed E-state index contributed by atoms with van der Waals surface area (Å²) in [5.74, 6) is -0.191. The van der Waals surface area contributed by atoms with Crippen LogP contribution in [0.2, 0.25) is 5.15 Å². The maximum absolute atomic E-state index is 12.5. The van der Waals surface area contributed by atoms with Gasteiger partial charge in [0.15, 0.2) is 5.15 Å². The van der Waals surface area contributed by atoms with Crippen LogP contribution in [-0.4, -0.2) is 51.1 Å². The Morgan fingerprint density at radius 3 is 2.45 bits per heavy atom. The summed E-state index contributed by atoms with van der Waals surface area (Å²) < 4.78 is 0. The van der Waals surface area contributed by atoms with Gasteiger partial charge in [0.25, 0.3) is 0 Å². The fourth-order valence-corrected chi connectivity index (χ4v) is 2.77. The van der Waals surface area contributed by atoms with Crippen molar-refractivity contribution in [3.05, 3.63) is 23.2 Å². The lowest BCUT2D eigenvalue weighted by Crippen LogP contribution is -2.50. The first-order chi connectivity index (χ1) is 10.3. The van der Waals surface area contributed by atoms with Crippen LogP contribution in [-0.2, 0) is 10.2 Å². The normalized spacial score (nSPS) is 16.4. The monoisotopic (exact) mass is 326 g/mol. The Balaban J connectivity index is 2.00. The van der Waals surface area contributed by atoms with E-state index < -0.39 is 11.5 Å².